The number of phosphoric ester groups is 1. The number of ether oxygens (including phenoxy) is 1. The number of pyridine rings is 1. The molecule has 0 saturated carbocycles. The molecule has 0 unspecified atom stereocenters. The molecule has 2 N–H and O–H groups in total. The Morgan fingerprint density at radius 2 is 2.16 bits per heavy atom. The van der Waals surface area contributed by atoms with E-state index < -0.39 is 32.4 Å². The molecule has 4 rings (SSSR count). The highest BCUT2D eigenvalue weighted by atomic mass is 31.2. The molecule has 0 spiro atoms. The number of rotatable bonds is 6. The average molecular weight is 466 g/mol. The monoisotopic (exact) mass is 466 g/mol. The van der Waals surface area contributed by atoms with Crippen LogP contribution in [0.2, 0.25) is 0 Å². The average Bonchev–Trinajstić information content (AvgIpc) is 3.31. The van der Waals surface area contributed by atoms with Crippen molar-refractivity contribution >= 4 is 19.6 Å². The highest BCUT2D eigenvalue weighted by Gasteiger charge is 2.34. The van der Waals surface area contributed by atoms with Gasteiger partial charge >= 0.3 is 13.9 Å². The predicted molar refractivity (Wildman–Crippen MR) is 104 cm³/mol. The second-order valence-electron chi connectivity index (χ2n) is 6.80. The third-order valence-corrected chi connectivity index (χ3v) is 5.02. The predicted octanol–water partition coefficient (Wildman–Crippen LogP) is 0.751. The van der Waals surface area contributed by atoms with E-state index in [0.717, 1.165) is 11.0 Å². The van der Waals surface area contributed by atoms with E-state index in [2.05, 4.69) is 19.9 Å². The summed E-state index contributed by atoms with van der Waals surface area (Å²) in [5.74, 6) is -0.578. The first kappa shape index (κ1) is 21.8. The van der Waals surface area contributed by atoms with Gasteiger partial charge in [0.1, 0.15) is 11.9 Å². The zero-order valence-corrected chi connectivity index (χ0v) is 17.3. The lowest BCUT2D eigenvalue weighted by molar-refractivity contribution is -0.593. The number of phosphoric acid groups is 1. The van der Waals surface area contributed by atoms with Crippen LogP contribution < -0.4 is 9.63 Å². The number of carbonyl (C=O) groups excluding carboxylic acids is 1. The van der Waals surface area contributed by atoms with Crippen molar-refractivity contribution in [3.8, 4) is 22.6 Å². The zero-order chi connectivity index (χ0) is 23.0. The van der Waals surface area contributed by atoms with Gasteiger partial charge in [0.15, 0.2) is 6.20 Å². The van der Waals surface area contributed by atoms with E-state index in [1.807, 2.05) is 0 Å². The molecule has 0 aliphatic carbocycles. The number of tetrazole rings is 1. The molecule has 1 aliphatic heterocycles. The van der Waals surface area contributed by atoms with Gasteiger partial charge in [0.05, 0.1) is 25.9 Å². The summed E-state index contributed by atoms with van der Waals surface area (Å²) in [6.45, 7) is -0.596. The first-order valence-corrected chi connectivity index (χ1v) is 10.6. The van der Waals surface area contributed by atoms with Gasteiger partial charge in [-0.1, -0.05) is 0 Å². The van der Waals surface area contributed by atoms with Crippen LogP contribution in [-0.2, 0) is 20.9 Å². The molecule has 3 aromatic rings. The van der Waals surface area contributed by atoms with Gasteiger partial charge < -0.3 is 19.7 Å². The van der Waals surface area contributed by atoms with E-state index >= 15 is 0 Å². The molecule has 1 atom stereocenters. The number of hydrogen-bond acceptors (Lipinski definition) is 8. The van der Waals surface area contributed by atoms with Crippen LogP contribution >= 0.6 is 7.82 Å². The van der Waals surface area contributed by atoms with E-state index in [4.69, 9.17) is 14.5 Å². The van der Waals surface area contributed by atoms with Crippen LogP contribution in [0.5, 0.6) is 0 Å². The van der Waals surface area contributed by atoms with Gasteiger partial charge in [-0.05, 0) is 29.5 Å². The van der Waals surface area contributed by atoms with Crippen molar-refractivity contribution in [1.82, 2.24) is 20.2 Å². The molecule has 1 aliphatic rings. The Morgan fingerprint density at radius 1 is 1.38 bits per heavy atom. The molecule has 32 heavy (non-hydrogen) atoms. The lowest BCUT2D eigenvalue weighted by Gasteiger charge is -2.14. The number of halogens is 1. The van der Waals surface area contributed by atoms with Gasteiger partial charge in [-0.2, -0.15) is 9.53 Å². The second kappa shape index (κ2) is 8.24. The van der Waals surface area contributed by atoms with Crippen molar-refractivity contribution < 1.29 is 37.5 Å². The smallest absolute Gasteiger partial charge is 0.469 e. The summed E-state index contributed by atoms with van der Waals surface area (Å²) in [6, 6.07) is 6.91. The van der Waals surface area contributed by atoms with Crippen LogP contribution in [0, 0.1) is 11.0 Å². The summed E-state index contributed by atoms with van der Waals surface area (Å²) in [7, 11) is -3.16. The number of cyclic esters (lactones) is 1. The minimum absolute atomic E-state index is 0.0853. The first-order chi connectivity index (χ1) is 15.1. The van der Waals surface area contributed by atoms with Crippen LogP contribution in [0.4, 0.5) is 14.9 Å². The maximum absolute atomic E-state index is 14.8. The minimum Gasteiger partial charge on any atom is -0.618 e. The summed E-state index contributed by atoms with van der Waals surface area (Å²) in [5, 5.41) is 23.8. The molecule has 13 nitrogen and oxygen atoms in total. The van der Waals surface area contributed by atoms with Crippen molar-refractivity contribution in [2.24, 2.45) is 7.05 Å². The SMILES string of the molecule is Cn1nnc(-c2ccc(-c3ccc(N4C[C@H](COP(=O)(O)O)OC4=O)cc3F)c[n+]2[O-])n1. The lowest BCUT2D eigenvalue weighted by Crippen LogP contribution is -2.29. The van der Waals surface area contributed by atoms with Crippen molar-refractivity contribution in [1.29, 1.82) is 0 Å². The van der Waals surface area contributed by atoms with E-state index in [1.165, 1.54) is 35.3 Å². The Balaban J connectivity index is 1.53. The van der Waals surface area contributed by atoms with Gasteiger partial charge in [-0.25, -0.2) is 13.8 Å². The Labute approximate surface area is 179 Å². The van der Waals surface area contributed by atoms with Crippen LogP contribution in [0.15, 0.2) is 36.5 Å². The standard InChI is InChI=1S/C17H16FN6O7P/c1-22-20-16(19-21-22)15-5-2-10(7-24(15)26)13-4-3-11(6-14(13)18)23-8-12(31-17(23)25)9-30-32(27,28)29/h2-7,12H,8-9H2,1H3,(H2,27,28,29)/t12-/m1/s1. The topological polar surface area (TPSA) is 167 Å². The number of carbonyl (C=O) groups is 1. The molecule has 15 heteroatoms. The van der Waals surface area contributed by atoms with E-state index in [0.29, 0.717) is 4.73 Å². The maximum Gasteiger partial charge on any atom is 0.469 e. The largest absolute Gasteiger partial charge is 0.618 e. The third-order valence-electron chi connectivity index (χ3n) is 4.53. The number of amides is 1. The van der Waals surface area contributed by atoms with Crippen molar-refractivity contribution in [3.63, 3.8) is 0 Å². The Kier molecular flexibility index (Phi) is 5.60. The third kappa shape index (κ3) is 4.57. The molecule has 168 valence electrons. The summed E-state index contributed by atoms with van der Waals surface area (Å²) < 4.78 is 35.4. The second-order valence-corrected chi connectivity index (χ2v) is 8.04. The fraction of sp³-hybridized carbons (Fsp3) is 0.235. The minimum atomic E-state index is -4.71. The van der Waals surface area contributed by atoms with Crippen molar-refractivity contribution in [2.75, 3.05) is 18.1 Å². The fourth-order valence-corrected chi connectivity index (χ4v) is 3.47. The molecule has 0 bridgehead atoms. The Morgan fingerprint density at radius 3 is 2.78 bits per heavy atom. The van der Waals surface area contributed by atoms with Crippen LogP contribution in [-0.4, -0.2) is 55.3 Å². The van der Waals surface area contributed by atoms with E-state index in [1.54, 1.807) is 7.05 Å². The molecule has 0 radical (unpaired) electrons. The van der Waals surface area contributed by atoms with Gasteiger partial charge in [0.25, 0.3) is 11.5 Å². The molecule has 2 aromatic heterocycles. The maximum atomic E-state index is 14.8. The van der Waals surface area contributed by atoms with Crippen molar-refractivity contribution in [3.05, 3.63) is 47.6 Å². The van der Waals surface area contributed by atoms with Crippen LogP contribution in [0.1, 0.15) is 0 Å². The van der Waals surface area contributed by atoms with Crippen LogP contribution in [0.3, 0.4) is 0 Å². The highest BCUT2D eigenvalue weighted by Crippen LogP contribution is 2.37. The van der Waals surface area contributed by atoms with Crippen molar-refractivity contribution in [2.45, 2.75) is 6.10 Å². The van der Waals surface area contributed by atoms with Gasteiger partial charge in [-0.15, -0.1) is 10.2 Å². The Hall–Kier alpha value is -3.45. The van der Waals surface area contributed by atoms with E-state index in [-0.39, 0.29) is 34.9 Å². The summed E-state index contributed by atoms with van der Waals surface area (Å²) in [6.07, 6.45) is -0.571. The molecule has 3 heterocycles. The van der Waals surface area contributed by atoms with E-state index in [9.17, 15) is 19.0 Å². The number of nitrogens with zero attached hydrogens (tertiary/aromatic N) is 6. The summed E-state index contributed by atoms with van der Waals surface area (Å²) in [5.41, 5.74) is 0.715. The van der Waals surface area contributed by atoms with Gasteiger partial charge in [0.2, 0.25) is 0 Å². The number of aryl methyl sites for hydroxylation is 1. The van der Waals surface area contributed by atoms with Crippen LogP contribution in [0.25, 0.3) is 22.6 Å². The number of hydrogen-bond donors (Lipinski definition) is 2. The highest BCUT2D eigenvalue weighted by molar-refractivity contribution is 7.46. The molecule has 1 aromatic carbocycles. The molecule has 1 amide bonds. The normalized spacial score (nSPS) is 16.4. The quantitative estimate of drug-likeness (QED) is 0.301. The molecular formula is C17H16FN6O7P. The van der Waals surface area contributed by atoms with Gasteiger partial charge in [0, 0.05) is 17.2 Å². The number of benzene rings is 1. The first-order valence-electron chi connectivity index (χ1n) is 9.06. The molecular weight excluding hydrogens is 450 g/mol. The van der Waals surface area contributed by atoms with Gasteiger partial charge in [-0.3, -0.25) is 9.42 Å². The fourth-order valence-electron chi connectivity index (χ4n) is 3.11. The number of anilines is 1. The Bertz CT molecular complexity index is 1230. The lowest BCUT2D eigenvalue weighted by atomic mass is 10.1. The molecule has 1 fully saturated rings. The molecule has 1 saturated heterocycles. The number of aromatic nitrogens is 5. The summed E-state index contributed by atoms with van der Waals surface area (Å²) >= 11 is 0. The zero-order valence-electron chi connectivity index (χ0n) is 16.4. The summed E-state index contributed by atoms with van der Waals surface area (Å²) in [4.78, 5) is 31.9.